The van der Waals surface area contributed by atoms with E-state index in [1.807, 2.05) is 12.1 Å². The third-order valence-corrected chi connectivity index (χ3v) is 4.16. The second kappa shape index (κ2) is 10.7. The highest BCUT2D eigenvalue weighted by atomic mass is 16.5. The van der Waals surface area contributed by atoms with Gasteiger partial charge in [-0.05, 0) is 34.0 Å². The molecule has 0 heterocycles. The molecule has 0 saturated carbocycles. The lowest BCUT2D eigenvalue weighted by atomic mass is 10.0. The Bertz CT molecular complexity index is 969. The molecular formula is C22H23NO6. The molecule has 0 radical (unpaired) electrons. The van der Waals surface area contributed by atoms with Crippen molar-refractivity contribution >= 4 is 22.7 Å². The minimum atomic E-state index is -1.82. The monoisotopic (exact) mass is 397 g/mol. The van der Waals surface area contributed by atoms with Gasteiger partial charge in [-0.1, -0.05) is 48.5 Å². The van der Waals surface area contributed by atoms with Gasteiger partial charge in [0.25, 0.3) is 0 Å². The molecule has 0 fully saturated rings. The Morgan fingerprint density at radius 1 is 0.828 bits per heavy atom. The molecule has 0 unspecified atom stereocenters. The molecule has 0 aliphatic heterocycles. The molecule has 0 aliphatic carbocycles. The van der Waals surface area contributed by atoms with Gasteiger partial charge in [-0.3, -0.25) is 0 Å². The molecule has 0 saturated heterocycles. The number of benzene rings is 3. The van der Waals surface area contributed by atoms with Crippen molar-refractivity contribution in [2.75, 3.05) is 14.2 Å². The zero-order valence-electron chi connectivity index (χ0n) is 16.2. The van der Waals surface area contributed by atoms with E-state index in [-0.39, 0.29) is 0 Å². The number of methoxy groups -OCH3 is 2. The average Bonchev–Trinajstić information content (AvgIpc) is 2.74. The Balaban J connectivity index is 0.000000438. The lowest BCUT2D eigenvalue weighted by molar-refractivity contribution is -0.159. The Kier molecular flexibility index (Phi) is 8.00. The number of hydrogen-bond acceptors (Lipinski definition) is 5. The molecule has 3 aromatic rings. The van der Waals surface area contributed by atoms with Crippen molar-refractivity contribution in [3.05, 3.63) is 71.8 Å². The molecule has 152 valence electrons. The molecule has 3 N–H and O–H groups in total. The van der Waals surface area contributed by atoms with E-state index in [2.05, 4.69) is 53.8 Å². The van der Waals surface area contributed by atoms with Crippen LogP contribution >= 0.6 is 0 Å². The number of carboxylic acids is 2. The van der Waals surface area contributed by atoms with Crippen molar-refractivity contribution in [1.82, 2.24) is 5.32 Å². The summed E-state index contributed by atoms with van der Waals surface area (Å²) in [6.07, 6.45) is 0. The summed E-state index contributed by atoms with van der Waals surface area (Å²) in [6.45, 7) is 1.61. The first-order valence-corrected chi connectivity index (χ1v) is 8.80. The van der Waals surface area contributed by atoms with E-state index in [4.69, 9.17) is 29.3 Å². The summed E-state index contributed by atoms with van der Waals surface area (Å²) in [5, 5.41) is 20.9. The van der Waals surface area contributed by atoms with Gasteiger partial charge in [-0.15, -0.1) is 0 Å². The molecule has 0 bridgehead atoms. The second-order valence-corrected chi connectivity index (χ2v) is 6.04. The summed E-state index contributed by atoms with van der Waals surface area (Å²) < 4.78 is 10.6. The molecular weight excluding hydrogens is 374 g/mol. The first-order valence-electron chi connectivity index (χ1n) is 8.80. The lowest BCUT2D eigenvalue weighted by Crippen LogP contribution is -2.13. The van der Waals surface area contributed by atoms with Gasteiger partial charge in [-0.2, -0.15) is 0 Å². The standard InChI is InChI=1S/C20H21NO2.C2H2O4/c1-22-19-11-10-15(12-20(19)23-2)13-21-14-17-8-5-7-16-6-3-4-9-18(16)17;3-1(4)2(5)6/h3-12,21H,13-14H2,1-2H3;(H,3,4)(H,5,6). The number of rotatable bonds is 6. The quantitative estimate of drug-likeness (QED) is 0.548. The van der Waals surface area contributed by atoms with Crippen LogP contribution in [0, 0.1) is 0 Å². The summed E-state index contributed by atoms with van der Waals surface area (Å²) in [5.41, 5.74) is 2.48. The average molecular weight is 397 g/mol. The summed E-state index contributed by atoms with van der Waals surface area (Å²) in [4.78, 5) is 18.2. The predicted molar refractivity (Wildman–Crippen MR) is 109 cm³/mol. The van der Waals surface area contributed by atoms with Gasteiger partial charge in [0.1, 0.15) is 0 Å². The second-order valence-electron chi connectivity index (χ2n) is 6.04. The number of aliphatic carboxylic acids is 2. The van der Waals surface area contributed by atoms with Gasteiger partial charge in [0.2, 0.25) is 0 Å². The topological polar surface area (TPSA) is 105 Å². The molecule has 0 amide bonds. The number of ether oxygens (including phenoxy) is 2. The molecule has 0 atom stereocenters. The van der Waals surface area contributed by atoms with Crippen LogP contribution in [0.4, 0.5) is 0 Å². The van der Waals surface area contributed by atoms with Crippen molar-refractivity contribution in [2.45, 2.75) is 13.1 Å². The van der Waals surface area contributed by atoms with E-state index in [1.54, 1.807) is 14.2 Å². The van der Waals surface area contributed by atoms with Crippen LogP contribution in [0.2, 0.25) is 0 Å². The predicted octanol–water partition coefficient (Wildman–Crippen LogP) is 3.30. The summed E-state index contributed by atoms with van der Waals surface area (Å²) in [5.74, 6) is -2.13. The fourth-order valence-corrected chi connectivity index (χ4v) is 2.78. The number of carboxylic acid groups (broad SMARTS) is 2. The zero-order valence-corrected chi connectivity index (χ0v) is 16.2. The van der Waals surface area contributed by atoms with E-state index in [9.17, 15) is 0 Å². The summed E-state index contributed by atoms with van der Waals surface area (Å²) >= 11 is 0. The number of fused-ring (bicyclic) bond motifs is 1. The van der Waals surface area contributed by atoms with Crippen molar-refractivity contribution in [1.29, 1.82) is 0 Å². The first-order chi connectivity index (χ1) is 14.0. The number of hydrogen-bond donors (Lipinski definition) is 3. The highest BCUT2D eigenvalue weighted by Gasteiger charge is 2.05. The van der Waals surface area contributed by atoms with Gasteiger partial charge < -0.3 is 25.0 Å². The minimum Gasteiger partial charge on any atom is -0.493 e. The van der Waals surface area contributed by atoms with Gasteiger partial charge in [0.05, 0.1) is 14.2 Å². The van der Waals surface area contributed by atoms with Crippen LogP contribution in [0.3, 0.4) is 0 Å². The summed E-state index contributed by atoms with van der Waals surface area (Å²) in [6, 6.07) is 20.9. The number of carbonyl (C=O) groups is 2. The van der Waals surface area contributed by atoms with Gasteiger partial charge >= 0.3 is 11.9 Å². The fraction of sp³-hybridized carbons (Fsp3) is 0.182. The van der Waals surface area contributed by atoms with Crippen molar-refractivity contribution in [3.63, 3.8) is 0 Å². The van der Waals surface area contributed by atoms with E-state index in [0.29, 0.717) is 0 Å². The molecule has 29 heavy (non-hydrogen) atoms. The van der Waals surface area contributed by atoms with Crippen molar-refractivity contribution < 1.29 is 29.3 Å². The fourth-order valence-electron chi connectivity index (χ4n) is 2.78. The Morgan fingerprint density at radius 2 is 1.48 bits per heavy atom. The maximum atomic E-state index is 9.10. The molecule has 3 aromatic carbocycles. The van der Waals surface area contributed by atoms with Gasteiger partial charge in [0.15, 0.2) is 11.5 Å². The molecule has 7 nitrogen and oxygen atoms in total. The highest BCUT2D eigenvalue weighted by molar-refractivity contribution is 6.27. The third-order valence-electron chi connectivity index (χ3n) is 4.16. The normalized spacial score (nSPS) is 10.0. The first kappa shape index (κ1) is 21.7. The van der Waals surface area contributed by atoms with Crippen molar-refractivity contribution in [3.8, 4) is 11.5 Å². The van der Waals surface area contributed by atoms with Crippen molar-refractivity contribution in [2.24, 2.45) is 0 Å². The van der Waals surface area contributed by atoms with Gasteiger partial charge in [0, 0.05) is 13.1 Å². The Labute approximate surface area is 168 Å². The van der Waals surface area contributed by atoms with Crippen LogP contribution in [0.5, 0.6) is 11.5 Å². The third kappa shape index (κ3) is 6.22. The summed E-state index contributed by atoms with van der Waals surface area (Å²) in [7, 11) is 3.31. The molecule has 3 rings (SSSR count). The van der Waals surface area contributed by atoms with E-state index in [0.717, 1.165) is 24.6 Å². The Morgan fingerprint density at radius 3 is 2.14 bits per heavy atom. The smallest absolute Gasteiger partial charge is 0.414 e. The molecule has 0 aliphatic rings. The zero-order chi connectivity index (χ0) is 21.2. The van der Waals surface area contributed by atoms with Gasteiger partial charge in [-0.25, -0.2) is 9.59 Å². The lowest BCUT2D eigenvalue weighted by Gasteiger charge is -2.11. The SMILES string of the molecule is COc1ccc(CNCc2cccc3ccccc23)cc1OC.O=C(O)C(=O)O. The van der Waals surface area contributed by atoms with E-state index >= 15 is 0 Å². The molecule has 7 heteroatoms. The number of nitrogens with one attached hydrogen (secondary N) is 1. The van der Waals surface area contributed by atoms with E-state index < -0.39 is 11.9 Å². The molecule has 0 aromatic heterocycles. The largest absolute Gasteiger partial charge is 0.493 e. The highest BCUT2D eigenvalue weighted by Crippen LogP contribution is 2.27. The molecule has 0 spiro atoms. The van der Waals surface area contributed by atoms with Crippen LogP contribution in [0.1, 0.15) is 11.1 Å². The maximum absolute atomic E-state index is 9.10. The van der Waals surface area contributed by atoms with Crippen LogP contribution < -0.4 is 14.8 Å². The Hall–Kier alpha value is -3.58. The van der Waals surface area contributed by atoms with E-state index in [1.165, 1.54) is 21.9 Å². The van der Waals surface area contributed by atoms with Crippen LogP contribution in [-0.4, -0.2) is 36.4 Å². The van der Waals surface area contributed by atoms with Crippen LogP contribution in [-0.2, 0) is 22.7 Å². The van der Waals surface area contributed by atoms with Crippen LogP contribution in [0.25, 0.3) is 10.8 Å². The minimum absolute atomic E-state index is 0.755. The van der Waals surface area contributed by atoms with Crippen LogP contribution in [0.15, 0.2) is 60.7 Å². The maximum Gasteiger partial charge on any atom is 0.414 e.